The van der Waals surface area contributed by atoms with Gasteiger partial charge in [-0.15, -0.1) is 0 Å². The zero-order chi connectivity index (χ0) is 16.8. The molecule has 0 spiro atoms. The number of pyridine rings is 1. The predicted octanol–water partition coefficient (Wildman–Crippen LogP) is 3.59. The van der Waals surface area contributed by atoms with E-state index in [1.807, 2.05) is 6.07 Å². The highest BCUT2D eigenvalue weighted by atomic mass is 16.1. The molecule has 1 amide bonds. The number of aromatic nitrogens is 1. The molecule has 2 aromatic rings. The Morgan fingerprint density at radius 2 is 1.75 bits per heavy atom. The summed E-state index contributed by atoms with van der Waals surface area (Å²) in [6.07, 6.45) is 6.77. The van der Waals surface area contributed by atoms with E-state index >= 15 is 0 Å². The predicted molar refractivity (Wildman–Crippen MR) is 94.0 cm³/mol. The largest absolute Gasteiger partial charge is 0.370 e. The first kappa shape index (κ1) is 16.0. The zero-order valence-corrected chi connectivity index (χ0v) is 13.5. The van der Waals surface area contributed by atoms with Crippen molar-refractivity contribution >= 4 is 17.3 Å². The van der Waals surface area contributed by atoms with Crippen LogP contribution >= 0.6 is 0 Å². The summed E-state index contributed by atoms with van der Waals surface area (Å²) in [6.45, 7) is 2.11. The number of nitriles is 1. The number of carbonyl (C=O) groups excluding carboxylic acids is 1. The lowest BCUT2D eigenvalue weighted by atomic mass is 10.2. The number of carbonyl (C=O) groups is 1. The smallest absolute Gasteiger partial charge is 0.274 e. The van der Waals surface area contributed by atoms with Crippen LogP contribution in [0.25, 0.3) is 0 Å². The van der Waals surface area contributed by atoms with Crippen molar-refractivity contribution in [1.82, 2.24) is 4.98 Å². The van der Waals surface area contributed by atoms with Gasteiger partial charge in [0.05, 0.1) is 23.5 Å². The summed E-state index contributed by atoms with van der Waals surface area (Å²) >= 11 is 0. The van der Waals surface area contributed by atoms with Crippen molar-refractivity contribution < 1.29 is 4.79 Å². The second-order valence-electron chi connectivity index (χ2n) is 5.95. The second kappa shape index (κ2) is 7.60. The van der Waals surface area contributed by atoms with Crippen molar-refractivity contribution in [1.29, 1.82) is 5.26 Å². The van der Waals surface area contributed by atoms with E-state index in [9.17, 15) is 4.79 Å². The molecular formula is C19H20N4O. The summed E-state index contributed by atoms with van der Waals surface area (Å²) < 4.78 is 0. The van der Waals surface area contributed by atoms with E-state index in [2.05, 4.69) is 21.3 Å². The van der Waals surface area contributed by atoms with Gasteiger partial charge in [0, 0.05) is 18.8 Å². The van der Waals surface area contributed by atoms with Crippen LogP contribution in [0.4, 0.5) is 11.4 Å². The van der Waals surface area contributed by atoms with Gasteiger partial charge in [-0.3, -0.25) is 4.79 Å². The minimum Gasteiger partial charge on any atom is -0.370 e. The minimum absolute atomic E-state index is 0.248. The van der Waals surface area contributed by atoms with Gasteiger partial charge in [0.15, 0.2) is 0 Å². The highest BCUT2D eigenvalue weighted by Crippen LogP contribution is 2.19. The Labute approximate surface area is 141 Å². The molecule has 3 rings (SSSR count). The third-order valence-electron chi connectivity index (χ3n) is 4.22. The molecule has 5 heteroatoms. The summed E-state index contributed by atoms with van der Waals surface area (Å²) in [5, 5.41) is 11.6. The number of nitrogens with zero attached hydrogens (tertiary/aromatic N) is 3. The van der Waals surface area contributed by atoms with E-state index < -0.39 is 0 Å². The van der Waals surface area contributed by atoms with Gasteiger partial charge in [-0.2, -0.15) is 5.26 Å². The molecule has 1 N–H and O–H groups in total. The Kier molecular flexibility index (Phi) is 5.07. The maximum atomic E-state index is 12.3. The lowest BCUT2D eigenvalue weighted by Crippen LogP contribution is -2.24. The van der Waals surface area contributed by atoms with E-state index in [0.717, 1.165) is 18.8 Å². The average Bonchev–Trinajstić information content (AvgIpc) is 2.92. The molecule has 122 valence electrons. The average molecular weight is 320 g/mol. The van der Waals surface area contributed by atoms with Gasteiger partial charge in [0.2, 0.25) is 0 Å². The molecule has 0 atom stereocenters. The molecule has 1 saturated heterocycles. The molecule has 0 bridgehead atoms. The van der Waals surface area contributed by atoms with Crippen LogP contribution in [0.15, 0.2) is 42.6 Å². The number of rotatable bonds is 3. The second-order valence-corrected chi connectivity index (χ2v) is 5.95. The van der Waals surface area contributed by atoms with Gasteiger partial charge >= 0.3 is 0 Å². The summed E-state index contributed by atoms with van der Waals surface area (Å²) in [7, 11) is 0. The first-order valence-corrected chi connectivity index (χ1v) is 8.29. The molecule has 1 aromatic heterocycles. The highest BCUT2D eigenvalue weighted by molar-refractivity contribution is 6.02. The summed E-state index contributed by atoms with van der Waals surface area (Å²) in [5.41, 5.74) is 2.68. The van der Waals surface area contributed by atoms with Gasteiger partial charge in [0.1, 0.15) is 5.69 Å². The number of nitrogens with one attached hydrogen (secondary N) is 1. The van der Waals surface area contributed by atoms with Gasteiger partial charge in [-0.05, 0) is 49.2 Å². The van der Waals surface area contributed by atoms with Crippen LogP contribution in [0.1, 0.15) is 41.7 Å². The first-order chi connectivity index (χ1) is 11.8. The van der Waals surface area contributed by atoms with Crippen molar-refractivity contribution in [2.45, 2.75) is 25.7 Å². The molecule has 24 heavy (non-hydrogen) atoms. The molecule has 0 unspecified atom stereocenters. The van der Waals surface area contributed by atoms with Crippen molar-refractivity contribution in [2.24, 2.45) is 0 Å². The van der Waals surface area contributed by atoms with Crippen molar-refractivity contribution in [3.05, 3.63) is 53.9 Å². The van der Waals surface area contributed by atoms with Crippen LogP contribution in [0.5, 0.6) is 0 Å². The molecule has 2 heterocycles. The van der Waals surface area contributed by atoms with Crippen LogP contribution in [0.3, 0.4) is 0 Å². The maximum absolute atomic E-state index is 12.3. The molecule has 1 aromatic carbocycles. The minimum atomic E-state index is -0.248. The van der Waals surface area contributed by atoms with Crippen LogP contribution in [-0.4, -0.2) is 24.0 Å². The molecule has 0 aliphatic carbocycles. The van der Waals surface area contributed by atoms with Crippen LogP contribution in [0, 0.1) is 11.3 Å². The van der Waals surface area contributed by atoms with Crippen molar-refractivity contribution in [3.8, 4) is 6.07 Å². The number of hydrogen-bond donors (Lipinski definition) is 1. The van der Waals surface area contributed by atoms with Gasteiger partial charge in [0.25, 0.3) is 5.91 Å². The number of anilines is 2. The summed E-state index contributed by atoms with van der Waals surface area (Å²) in [4.78, 5) is 18.9. The quantitative estimate of drug-likeness (QED) is 0.938. The lowest BCUT2D eigenvalue weighted by Gasteiger charge is -2.22. The van der Waals surface area contributed by atoms with Gasteiger partial charge < -0.3 is 10.2 Å². The molecule has 0 saturated carbocycles. The lowest BCUT2D eigenvalue weighted by molar-refractivity contribution is 0.102. The van der Waals surface area contributed by atoms with Crippen LogP contribution in [0.2, 0.25) is 0 Å². The van der Waals surface area contributed by atoms with Gasteiger partial charge in [-0.25, -0.2) is 4.98 Å². The standard InChI is InChI=1S/C19H20N4O/c20-13-15-5-7-16(8-6-15)22-19(24)18-10-9-17(14-21-18)23-11-3-1-2-4-12-23/h5-10,14H,1-4,11-12H2,(H,22,24). The molecular weight excluding hydrogens is 300 g/mol. The van der Waals surface area contributed by atoms with Crippen molar-refractivity contribution in [3.63, 3.8) is 0 Å². The Bertz CT molecular complexity index is 723. The monoisotopic (exact) mass is 320 g/mol. The first-order valence-electron chi connectivity index (χ1n) is 8.29. The Hall–Kier alpha value is -2.87. The number of benzene rings is 1. The van der Waals surface area contributed by atoms with E-state index in [1.54, 1.807) is 36.5 Å². The van der Waals surface area contributed by atoms with E-state index in [-0.39, 0.29) is 5.91 Å². The normalized spacial score (nSPS) is 14.5. The Balaban J connectivity index is 1.65. The van der Waals surface area contributed by atoms with Gasteiger partial charge in [-0.1, -0.05) is 12.8 Å². The Morgan fingerprint density at radius 3 is 2.33 bits per heavy atom. The number of hydrogen-bond acceptors (Lipinski definition) is 4. The molecule has 5 nitrogen and oxygen atoms in total. The summed E-state index contributed by atoms with van der Waals surface area (Å²) in [5.74, 6) is -0.248. The molecule has 1 fully saturated rings. The summed E-state index contributed by atoms with van der Waals surface area (Å²) in [6, 6.07) is 12.5. The third kappa shape index (κ3) is 3.90. The van der Waals surface area contributed by atoms with Crippen LogP contribution < -0.4 is 10.2 Å². The molecule has 1 aliphatic rings. The number of amides is 1. The van der Waals surface area contributed by atoms with Crippen molar-refractivity contribution in [2.75, 3.05) is 23.3 Å². The molecule has 0 radical (unpaired) electrons. The van der Waals surface area contributed by atoms with E-state index in [4.69, 9.17) is 5.26 Å². The fourth-order valence-corrected chi connectivity index (χ4v) is 2.86. The highest BCUT2D eigenvalue weighted by Gasteiger charge is 2.12. The molecule has 1 aliphatic heterocycles. The Morgan fingerprint density at radius 1 is 1.04 bits per heavy atom. The third-order valence-corrected chi connectivity index (χ3v) is 4.22. The fraction of sp³-hybridized carbons (Fsp3) is 0.316. The topological polar surface area (TPSA) is 69.0 Å². The van der Waals surface area contributed by atoms with E-state index in [1.165, 1.54) is 25.7 Å². The maximum Gasteiger partial charge on any atom is 0.274 e. The van der Waals surface area contributed by atoms with E-state index in [0.29, 0.717) is 16.9 Å². The van der Waals surface area contributed by atoms with Crippen LogP contribution in [-0.2, 0) is 0 Å². The zero-order valence-electron chi connectivity index (χ0n) is 13.5. The fourth-order valence-electron chi connectivity index (χ4n) is 2.86. The SMILES string of the molecule is N#Cc1ccc(NC(=O)c2ccc(N3CCCCCC3)cn2)cc1.